The summed E-state index contributed by atoms with van der Waals surface area (Å²) in [4.78, 5) is 0. The lowest BCUT2D eigenvalue weighted by molar-refractivity contribution is 0.421. The normalized spacial score (nSPS) is 31.2. The third kappa shape index (κ3) is 0.998. The Balaban J connectivity index is 2.81. The van der Waals surface area contributed by atoms with Crippen LogP contribution < -0.4 is 16.8 Å². The molecular formula is C7H13N3. The summed E-state index contributed by atoms with van der Waals surface area (Å²) in [5.74, 6) is 0. The molecule has 1 unspecified atom stereocenters. The lowest BCUT2D eigenvalue weighted by Gasteiger charge is -2.31. The molecule has 1 rings (SSSR count). The van der Waals surface area contributed by atoms with Gasteiger partial charge in [-0.3, -0.25) is 0 Å². The van der Waals surface area contributed by atoms with Crippen LogP contribution in [0.25, 0.3) is 0 Å². The summed E-state index contributed by atoms with van der Waals surface area (Å²) >= 11 is 0. The van der Waals surface area contributed by atoms with Gasteiger partial charge in [-0.15, -0.1) is 0 Å². The molecular weight excluding hydrogens is 126 g/mol. The van der Waals surface area contributed by atoms with Crippen LogP contribution in [0.1, 0.15) is 13.3 Å². The molecule has 0 saturated carbocycles. The Kier molecular flexibility index (Phi) is 1.68. The van der Waals surface area contributed by atoms with Crippen LogP contribution in [0.4, 0.5) is 0 Å². The SMILES string of the molecule is CCC1(N)NC=CC=C1N. The van der Waals surface area contributed by atoms with E-state index in [1.165, 1.54) is 0 Å². The third-order valence-electron chi connectivity index (χ3n) is 1.79. The van der Waals surface area contributed by atoms with Gasteiger partial charge in [0.2, 0.25) is 0 Å². The van der Waals surface area contributed by atoms with Crippen molar-refractivity contribution in [1.82, 2.24) is 5.32 Å². The Hall–Kier alpha value is -0.960. The highest BCUT2D eigenvalue weighted by Crippen LogP contribution is 2.12. The summed E-state index contributed by atoms with van der Waals surface area (Å²) in [5, 5.41) is 3.00. The zero-order valence-electron chi connectivity index (χ0n) is 6.09. The second kappa shape index (κ2) is 2.34. The van der Waals surface area contributed by atoms with E-state index in [-0.39, 0.29) is 0 Å². The fourth-order valence-corrected chi connectivity index (χ4v) is 0.887. The van der Waals surface area contributed by atoms with Gasteiger partial charge in [0, 0.05) is 5.70 Å². The zero-order valence-corrected chi connectivity index (χ0v) is 6.09. The summed E-state index contributed by atoms with van der Waals surface area (Å²) in [5.41, 5.74) is 11.7. The molecule has 5 N–H and O–H groups in total. The van der Waals surface area contributed by atoms with Gasteiger partial charge in [-0.2, -0.15) is 0 Å². The monoisotopic (exact) mass is 139 g/mol. The van der Waals surface area contributed by atoms with E-state index in [0.29, 0.717) is 5.70 Å². The van der Waals surface area contributed by atoms with Gasteiger partial charge in [-0.1, -0.05) is 6.92 Å². The number of hydrogen-bond donors (Lipinski definition) is 3. The van der Waals surface area contributed by atoms with Crippen molar-refractivity contribution in [3.05, 3.63) is 24.0 Å². The van der Waals surface area contributed by atoms with Gasteiger partial charge in [-0.25, -0.2) is 0 Å². The summed E-state index contributed by atoms with van der Waals surface area (Å²) in [6.07, 6.45) is 6.26. The van der Waals surface area contributed by atoms with Crippen LogP contribution in [-0.4, -0.2) is 5.66 Å². The fraction of sp³-hybridized carbons (Fsp3) is 0.429. The molecule has 0 bridgehead atoms. The van der Waals surface area contributed by atoms with Crippen LogP contribution in [0.15, 0.2) is 24.0 Å². The van der Waals surface area contributed by atoms with Gasteiger partial charge in [-0.05, 0) is 24.8 Å². The van der Waals surface area contributed by atoms with E-state index in [2.05, 4.69) is 5.32 Å². The average Bonchev–Trinajstić information content (AvgIpc) is 1.96. The maximum absolute atomic E-state index is 5.85. The van der Waals surface area contributed by atoms with Crippen molar-refractivity contribution in [3.63, 3.8) is 0 Å². The predicted molar refractivity (Wildman–Crippen MR) is 41.8 cm³/mol. The van der Waals surface area contributed by atoms with Crippen molar-refractivity contribution >= 4 is 0 Å². The van der Waals surface area contributed by atoms with E-state index >= 15 is 0 Å². The van der Waals surface area contributed by atoms with Crippen LogP contribution in [0.2, 0.25) is 0 Å². The number of hydrogen-bond acceptors (Lipinski definition) is 3. The van der Waals surface area contributed by atoms with Crippen molar-refractivity contribution in [2.75, 3.05) is 0 Å². The first-order chi connectivity index (χ1) is 4.69. The standard InChI is InChI=1S/C7H13N3/c1-2-7(9)6(8)4-3-5-10-7/h3-5,10H,2,8-9H2,1H3. The molecule has 0 aromatic heterocycles. The maximum atomic E-state index is 5.85. The lowest BCUT2D eigenvalue weighted by Crippen LogP contribution is -2.55. The summed E-state index contributed by atoms with van der Waals surface area (Å²) in [7, 11) is 0. The van der Waals surface area contributed by atoms with Gasteiger partial charge in [0.05, 0.1) is 0 Å². The first-order valence-corrected chi connectivity index (χ1v) is 3.38. The largest absolute Gasteiger partial charge is 0.399 e. The fourth-order valence-electron chi connectivity index (χ4n) is 0.887. The van der Waals surface area contributed by atoms with E-state index in [1.54, 1.807) is 6.20 Å². The number of dihydropyridines is 1. The molecule has 0 aromatic carbocycles. The van der Waals surface area contributed by atoms with Crippen LogP contribution in [0, 0.1) is 0 Å². The molecule has 1 atom stereocenters. The molecule has 3 nitrogen and oxygen atoms in total. The van der Waals surface area contributed by atoms with Crippen molar-refractivity contribution in [2.24, 2.45) is 11.5 Å². The Morgan fingerprint density at radius 1 is 1.70 bits per heavy atom. The van der Waals surface area contributed by atoms with Gasteiger partial charge < -0.3 is 16.8 Å². The van der Waals surface area contributed by atoms with Gasteiger partial charge in [0.1, 0.15) is 5.66 Å². The van der Waals surface area contributed by atoms with E-state index in [4.69, 9.17) is 11.5 Å². The lowest BCUT2D eigenvalue weighted by atomic mass is 10.0. The van der Waals surface area contributed by atoms with Gasteiger partial charge in [0.15, 0.2) is 0 Å². The molecule has 0 saturated heterocycles. The molecule has 3 heteroatoms. The van der Waals surface area contributed by atoms with Crippen LogP contribution in [-0.2, 0) is 0 Å². The molecule has 10 heavy (non-hydrogen) atoms. The first-order valence-electron chi connectivity index (χ1n) is 3.38. The second-order valence-electron chi connectivity index (χ2n) is 2.45. The van der Waals surface area contributed by atoms with Crippen LogP contribution >= 0.6 is 0 Å². The summed E-state index contributed by atoms with van der Waals surface area (Å²) in [6.45, 7) is 1.99. The minimum absolute atomic E-state index is 0.519. The Morgan fingerprint density at radius 3 is 2.80 bits per heavy atom. The minimum Gasteiger partial charge on any atom is -0.399 e. The predicted octanol–water partition coefficient (Wildman–Crippen LogP) is 0.0109. The molecule has 0 aliphatic carbocycles. The average molecular weight is 139 g/mol. The molecule has 1 heterocycles. The van der Waals surface area contributed by atoms with Crippen molar-refractivity contribution in [1.29, 1.82) is 0 Å². The molecule has 0 spiro atoms. The Morgan fingerprint density at radius 2 is 2.40 bits per heavy atom. The molecule has 0 radical (unpaired) electrons. The molecule has 1 aliphatic rings. The summed E-state index contributed by atoms with van der Waals surface area (Å²) in [6, 6.07) is 0. The molecule has 0 amide bonds. The number of rotatable bonds is 1. The summed E-state index contributed by atoms with van der Waals surface area (Å²) < 4.78 is 0. The van der Waals surface area contributed by atoms with Crippen molar-refractivity contribution < 1.29 is 0 Å². The van der Waals surface area contributed by atoms with Gasteiger partial charge >= 0.3 is 0 Å². The number of nitrogens with one attached hydrogen (secondary N) is 1. The second-order valence-corrected chi connectivity index (χ2v) is 2.45. The van der Waals surface area contributed by atoms with E-state index in [9.17, 15) is 0 Å². The van der Waals surface area contributed by atoms with E-state index < -0.39 is 5.66 Å². The molecule has 0 aromatic rings. The van der Waals surface area contributed by atoms with Crippen molar-refractivity contribution in [3.8, 4) is 0 Å². The smallest absolute Gasteiger partial charge is 0.126 e. The van der Waals surface area contributed by atoms with Gasteiger partial charge in [0.25, 0.3) is 0 Å². The minimum atomic E-state index is -0.519. The first kappa shape index (κ1) is 7.15. The number of nitrogens with two attached hydrogens (primary N) is 2. The van der Waals surface area contributed by atoms with E-state index in [0.717, 1.165) is 6.42 Å². The topological polar surface area (TPSA) is 64.1 Å². The Labute approximate surface area is 60.8 Å². The van der Waals surface area contributed by atoms with Crippen LogP contribution in [0.5, 0.6) is 0 Å². The maximum Gasteiger partial charge on any atom is 0.126 e. The zero-order chi connectivity index (χ0) is 7.61. The van der Waals surface area contributed by atoms with E-state index in [1.807, 2.05) is 19.1 Å². The van der Waals surface area contributed by atoms with Crippen molar-refractivity contribution in [2.45, 2.75) is 19.0 Å². The highest BCUT2D eigenvalue weighted by molar-refractivity contribution is 5.25. The Bertz CT molecular complexity index is 183. The quantitative estimate of drug-likeness (QED) is 0.479. The number of allylic oxidation sites excluding steroid dienone is 2. The highest BCUT2D eigenvalue weighted by atomic mass is 15.1. The highest BCUT2D eigenvalue weighted by Gasteiger charge is 2.24. The van der Waals surface area contributed by atoms with Crippen LogP contribution in [0.3, 0.4) is 0 Å². The molecule has 1 aliphatic heterocycles. The molecule has 56 valence electrons. The third-order valence-corrected chi connectivity index (χ3v) is 1.79. The molecule has 0 fully saturated rings.